The van der Waals surface area contributed by atoms with Gasteiger partial charge in [0.1, 0.15) is 5.75 Å². The van der Waals surface area contributed by atoms with Gasteiger partial charge in [0.2, 0.25) is 0 Å². The average Bonchev–Trinajstić information content (AvgIpc) is 2.93. The van der Waals surface area contributed by atoms with Gasteiger partial charge in [-0.15, -0.1) is 0 Å². The summed E-state index contributed by atoms with van der Waals surface area (Å²) >= 11 is 0. The van der Waals surface area contributed by atoms with Crippen molar-refractivity contribution in [3.05, 3.63) is 34.9 Å². The van der Waals surface area contributed by atoms with Crippen LogP contribution in [0.25, 0.3) is 6.08 Å². The second-order valence-corrected chi connectivity index (χ2v) is 8.60. The SMILES string of the molecule is COc1ccc2c(c1)C=C(CNC13CC4CC(CC(C4)C1)C3)C2. The van der Waals surface area contributed by atoms with Gasteiger partial charge in [-0.05, 0) is 86.0 Å². The lowest BCUT2D eigenvalue weighted by atomic mass is 9.53. The van der Waals surface area contributed by atoms with E-state index in [1.165, 1.54) is 49.7 Å². The van der Waals surface area contributed by atoms with Crippen LogP contribution in [0, 0.1) is 17.8 Å². The molecule has 1 aromatic carbocycles. The molecule has 2 heteroatoms. The average molecular weight is 309 g/mol. The summed E-state index contributed by atoms with van der Waals surface area (Å²) in [6.07, 6.45) is 12.4. The minimum absolute atomic E-state index is 0.474. The molecular formula is C21H27NO. The second-order valence-electron chi connectivity index (χ2n) is 8.60. The highest BCUT2D eigenvalue weighted by molar-refractivity contribution is 5.65. The molecule has 0 radical (unpaired) electrons. The van der Waals surface area contributed by atoms with E-state index in [2.05, 4.69) is 29.6 Å². The molecule has 2 nitrogen and oxygen atoms in total. The largest absolute Gasteiger partial charge is 0.497 e. The van der Waals surface area contributed by atoms with Gasteiger partial charge in [-0.25, -0.2) is 0 Å². The smallest absolute Gasteiger partial charge is 0.119 e. The molecule has 4 fully saturated rings. The lowest BCUT2D eigenvalue weighted by Crippen LogP contribution is -2.58. The maximum Gasteiger partial charge on any atom is 0.119 e. The van der Waals surface area contributed by atoms with Gasteiger partial charge in [0.25, 0.3) is 0 Å². The van der Waals surface area contributed by atoms with E-state index in [1.807, 2.05) is 0 Å². The first-order valence-electron chi connectivity index (χ1n) is 9.33. The molecule has 4 bridgehead atoms. The second kappa shape index (κ2) is 5.11. The molecule has 0 atom stereocenters. The van der Waals surface area contributed by atoms with E-state index in [0.29, 0.717) is 5.54 Å². The van der Waals surface area contributed by atoms with Gasteiger partial charge in [-0.3, -0.25) is 0 Å². The highest BCUT2D eigenvalue weighted by Gasteiger charge is 2.50. The van der Waals surface area contributed by atoms with E-state index >= 15 is 0 Å². The monoisotopic (exact) mass is 309 g/mol. The van der Waals surface area contributed by atoms with Gasteiger partial charge >= 0.3 is 0 Å². The van der Waals surface area contributed by atoms with Crippen molar-refractivity contribution >= 4 is 6.08 Å². The molecule has 23 heavy (non-hydrogen) atoms. The highest BCUT2D eigenvalue weighted by Crippen LogP contribution is 2.55. The van der Waals surface area contributed by atoms with Crippen LogP contribution >= 0.6 is 0 Å². The predicted molar refractivity (Wildman–Crippen MR) is 93.6 cm³/mol. The fraction of sp³-hybridized carbons (Fsp3) is 0.619. The van der Waals surface area contributed by atoms with Crippen molar-refractivity contribution in [2.45, 2.75) is 50.5 Å². The number of hydrogen-bond acceptors (Lipinski definition) is 2. The van der Waals surface area contributed by atoms with Gasteiger partial charge in [0.05, 0.1) is 7.11 Å². The Morgan fingerprint density at radius 1 is 1.09 bits per heavy atom. The van der Waals surface area contributed by atoms with Crippen LogP contribution in [0.1, 0.15) is 49.7 Å². The molecule has 122 valence electrons. The van der Waals surface area contributed by atoms with Crippen molar-refractivity contribution in [2.24, 2.45) is 17.8 Å². The molecule has 0 amide bonds. The Balaban J connectivity index is 1.29. The third kappa shape index (κ3) is 2.42. The van der Waals surface area contributed by atoms with Gasteiger partial charge in [0, 0.05) is 12.1 Å². The van der Waals surface area contributed by atoms with E-state index < -0.39 is 0 Å². The van der Waals surface area contributed by atoms with Gasteiger partial charge in [0.15, 0.2) is 0 Å². The zero-order valence-electron chi connectivity index (χ0n) is 14.1. The van der Waals surface area contributed by atoms with Crippen LogP contribution in [-0.2, 0) is 6.42 Å². The summed E-state index contributed by atoms with van der Waals surface area (Å²) in [5.41, 5.74) is 4.82. The van der Waals surface area contributed by atoms with Crippen LogP contribution in [0.5, 0.6) is 5.75 Å². The molecule has 6 rings (SSSR count). The highest BCUT2D eigenvalue weighted by atomic mass is 16.5. The van der Waals surface area contributed by atoms with Crippen LogP contribution < -0.4 is 10.1 Å². The number of benzene rings is 1. The molecule has 5 aliphatic carbocycles. The standard InChI is InChI=1S/C21H27NO/c1-23-20-3-2-18-7-17(8-19(18)9-20)13-22-21-10-14-4-15(11-21)6-16(5-14)12-21/h2-3,8-9,14-16,22H,4-7,10-13H2,1H3. The van der Waals surface area contributed by atoms with Crippen LogP contribution in [0.2, 0.25) is 0 Å². The molecule has 0 aliphatic heterocycles. The summed E-state index contributed by atoms with van der Waals surface area (Å²) in [7, 11) is 1.75. The summed E-state index contributed by atoms with van der Waals surface area (Å²) in [5, 5.41) is 4.03. The molecule has 0 spiro atoms. The molecule has 5 aliphatic rings. The van der Waals surface area contributed by atoms with E-state index in [9.17, 15) is 0 Å². The fourth-order valence-corrected chi connectivity index (χ4v) is 6.25. The van der Waals surface area contributed by atoms with Crippen LogP contribution in [0.3, 0.4) is 0 Å². The van der Waals surface area contributed by atoms with E-state index in [1.54, 1.807) is 12.7 Å². The van der Waals surface area contributed by atoms with Crippen molar-refractivity contribution < 1.29 is 4.74 Å². The first-order chi connectivity index (χ1) is 11.2. The van der Waals surface area contributed by atoms with Crippen molar-refractivity contribution in [2.75, 3.05) is 13.7 Å². The topological polar surface area (TPSA) is 21.3 Å². The van der Waals surface area contributed by atoms with Gasteiger partial charge in [-0.2, -0.15) is 0 Å². The van der Waals surface area contributed by atoms with Crippen molar-refractivity contribution in [3.8, 4) is 5.75 Å². The molecular weight excluding hydrogens is 282 g/mol. The van der Waals surface area contributed by atoms with E-state index in [0.717, 1.165) is 36.5 Å². The molecule has 0 saturated heterocycles. The Bertz CT molecular complexity index is 625. The van der Waals surface area contributed by atoms with E-state index in [4.69, 9.17) is 4.74 Å². The summed E-state index contributed by atoms with van der Waals surface area (Å²) in [6.45, 7) is 1.07. The minimum atomic E-state index is 0.474. The number of fused-ring (bicyclic) bond motifs is 1. The number of nitrogens with one attached hydrogen (secondary N) is 1. The molecule has 0 aromatic heterocycles. The van der Waals surface area contributed by atoms with E-state index in [-0.39, 0.29) is 0 Å². The summed E-state index contributed by atoms with van der Waals surface area (Å²) in [6, 6.07) is 6.48. The maximum atomic E-state index is 5.35. The van der Waals surface area contributed by atoms with Crippen LogP contribution in [0.4, 0.5) is 0 Å². The Morgan fingerprint density at radius 3 is 2.43 bits per heavy atom. The predicted octanol–water partition coefficient (Wildman–Crippen LogP) is 4.19. The Kier molecular flexibility index (Phi) is 3.13. The number of hydrogen-bond donors (Lipinski definition) is 1. The zero-order chi connectivity index (χ0) is 15.4. The lowest BCUT2D eigenvalue weighted by molar-refractivity contribution is -0.0182. The Labute approximate surface area is 139 Å². The first kappa shape index (κ1) is 14.1. The van der Waals surface area contributed by atoms with Crippen LogP contribution in [0.15, 0.2) is 23.8 Å². The zero-order valence-corrected chi connectivity index (χ0v) is 14.1. The summed E-state index contributed by atoms with van der Waals surface area (Å²) in [5.74, 6) is 4.03. The molecule has 4 saturated carbocycles. The normalized spacial score (nSPS) is 36.9. The molecule has 0 heterocycles. The number of rotatable bonds is 4. The van der Waals surface area contributed by atoms with Crippen molar-refractivity contribution in [3.63, 3.8) is 0 Å². The third-order valence-corrected chi connectivity index (χ3v) is 6.86. The number of methoxy groups -OCH3 is 1. The third-order valence-electron chi connectivity index (χ3n) is 6.86. The van der Waals surface area contributed by atoms with Gasteiger partial charge in [-0.1, -0.05) is 17.7 Å². The maximum absolute atomic E-state index is 5.35. The number of ether oxygens (including phenoxy) is 1. The molecule has 0 unspecified atom stereocenters. The summed E-state index contributed by atoms with van der Waals surface area (Å²) < 4.78 is 5.35. The molecule has 1 N–H and O–H groups in total. The minimum Gasteiger partial charge on any atom is -0.497 e. The summed E-state index contributed by atoms with van der Waals surface area (Å²) in [4.78, 5) is 0. The molecule has 1 aromatic rings. The van der Waals surface area contributed by atoms with Gasteiger partial charge < -0.3 is 10.1 Å². The van der Waals surface area contributed by atoms with Crippen LogP contribution in [-0.4, -0.2) is 19.2 Å². The van der Waals surface area contributed by atoms with Crippen molar-refractivity contribution in [1.82, 2.24) is 5.32 Å². The quantitative estimate of drug-likeness (QED) is 0.900. The lowest BCUT2D eigenvalue weighted by Gasteiger charge is -2.57. The Hall–Kier alpha value is -1.28. The first-order valence-corrected chi connectivity index (χ1v) is 9.33. The Morgan fingerprint density at radius 2 is 1.78 bits per heavy atom. The van der Waals surface area contributed by atoms with Crippen molar-refractivity contribution in [1.29, 1.82) is 0 Å². The fourth-order valence-electron chi connectivity index (χ4n) is 6.25.